The normalized spacial score (nSPS) is 12.5. The van der Waals surface area contributed by atoms with E-state index in [1.54, 1.807) is 48.5 Å². The van der Waals surface area contributed by atoms with E-state index in [1.165, 1.54) is 7.11 Å². The lowest BCUT2D eigenvalue weighted by molar-refractivity contribution is -0.121. The highest BCUT2D eigenvalue weighted by Gasteiger charge is 2.36. The third-order valence-corrected chi connectivity index (χ3v) is 4.26. The number of fused-ring (bicyclic) bond motifs is 1. The van der Waals surface area contributed by atoms with E-state index < -0.39 is 17.7 Å². The average Bonchev–Trinajstić information content (AvgIpc) is 2.96. The first-order valence-electron chi connectivity index (χ1n) is 8.66. The number of hydrogen-bond donors (Lipinski definition) is 2. The summed E-state index contributed by atoms with van der Waals surface area (Å²) in [7, 11) is 1.48. The topological polar surface area (TPSA) is 105 Å². The van der Waals surface area contributed by atoms with E-state index in [9.17, 15) is 19.2 Å². The van der Waals surface area contributed by atoms with Gasteiger partial charge in [-0.05, 0) is 24.3 Å². The van der Waals surface area contributed by atoms with Crippen molar-refractivity contribution in [2.45, 2.75) is 0 Å². The highest BCUT2D eigenvalue weighted by atomic mass is 16.5. The van der Waals surface area contributed by atoms with Crippen LogP contribution in [0.2, 0.25) is 0 Å². The number of nitrogens with zero attached hydrogens (tertiary/aromatic N) is 1. The van der Waals surface area contributed by atoms with Crippen LogP contribution in [0.25, 0.3) is 0 Å². The Morgan fingerprint density at radius 1 is 0.893 bits per heavy atom. The van der Waals surface area contributed by atoms with Crippen molar-refractivity contribution in [2.24, 2.45) is 0 Å². The summed E-state index contributed by atoms with van der Waals surface area (Å²) in [6.07, 6.45) is 0. The van der Waals surface area contributed by atoms with Gasteiger partial charge in [0.1, 0.15) is 12.3 Å². The first-order chi connectivity index (χ1) is 13.5. The molecule has 0 unspecified atom stereocenters. The number of hydrogen-bond acceptors (Lipinski definition) is 5. The Hall–Kier alpha value is -3.68. The van der Waals surface area contributed by atoms with Gasteiger partial charge in [-0.1, -0.05) is 24.3 Å². The SMILES string of the molecule is COc1ccccc1C(=O)NCCNC(=O)CN1C(=O)c2ccccc2C1=O. The van der Waals surface area contributed by atoms with Crippen molar-refractivity contribution in [3.8, 4) is 5.75 Å². The number of amides is 4. The molecule has 8 nitrogen and oxygen atoms in total. The van der Waals surface area contributed by atoms with E-state index in [1.807, 2.05) is 0 Å². The molecule has 1 aliphatic heterocycles. The molecule has 144 valence electrons. The molecule has 2 N–H and O–H groups in total. The van der Waals surface area contributed by atoms with Crippen LogP contribution in [0.15, 0.2) is 48.5 Å². The second-order valence-corrected chi connectivity index (χ2v) is 6.05. The molecule has 0 spiro atoms. The third kappa shape index (κ3) is 3.85. The first-order valence-corrected chi connectivity index (χ1v) is 8.66. The largest absolute Gasteiger partial charge is 0.496 e. The van der Waals surface area contributed by atoms with Crippen molar-refractivity contribution in [1.29, 1.82) is 0 Å². The number of methoxy groups -OCH3 is 1. The molecule has 2 aromatic rings. The molecule has 0 saturated heterocycles. The zero-order valence-corrected chi connectivity index (χ0v) is 15.2. The van der Waals surface area contributed by atoms with Gasteiger partial charge in [-0.3, -0.25) is 24.1 Å². The van der Waals surface area contributed by atoms with Gasteiger partial charge in [0.05, 0.1) is 23.8 Å². The summed E-state index contributed by atoms with van der Waals surface area (Å²) in [6.45, 7) is -0.0273. The smallest absolute Gasteiger partial charge is 0.262 e. The van der Waals surface area contributed by atoms with Crippen LogP contribution in [0.5, 0.6) is 5.75 Å². The lowest BCUT2D eigenvalue weighted by Gasteiger charge is -2.14. The molecule has 2 aromatic carbocycles. The highest BCUT2D eigenvalue weighted by molar-refractivity contribution is 6.22. The Balaban J connectivity index is 1.46. The highest BCUT2D eigenvalue weighted by Crippen LogP contribution is 2.21. The molecule has 0 radical (unpaired) electrons. The zero-order valence-electron chi connectivity index (χ0n) is 15.2. The van der Waals surface area contributed by atoms with Crippen LogP contribution in [-0.4, -0.2) is 55.3 Å². The minimum absolute atomic E-state index is 0.156. The molecule has 0 saturated carbocycles. The van der Waals surface area contributed by atoms with E-state index >= 15 is 0 Å². The molecule has 0 aromatic heterocycles. The van der Waals surface area contributed by atoms with Crippen LogP contribution < -0.4 is 15.4 Å². The quantitative estimate of drug-likeness (QED) is 0.546. The van der Waals surface area contributed by atoms with Gasteiger partial charge in [-0.25, -0.2) is 0 Å². The van der Waals surface area contributed by atoms with Crippen LogP contribution in [0.4, 0.5) is 0 Å². The lowest BCUT2D eigenvalue weighted by atomic mass is 10.1. The molecule has 0 atom stereocenters. The number of benzene rings is 2. The summed E-state index contributed by atoms with van der Waals surface area (Å²) in [6, 6.07) is 13.2. The van der Waals surface area contributed by atoms with Gasteiger partial charge in [-0.15, -0.1) is 0 Å². The summed E-state index contributed by atoms with van der Waals surface area (Å²) < 4.78 is 5.13. The summed E-state index contributed by atoms with van der Waals surface area (Å²) in [5, 5.41) is 5.26. The van der Waals surface area contributed by atoms with Gasteiger partial charge in [-0.2, -0.15) is 0 Å². The predicted octanol–water partition coefficient (Wildman–Crippen LogP) is 0.837. The monoisotopic (exact) mass is 381 g/mol. The second-order valence-electron chi connectivity index (χ2n) is 6.05. The number of carbonyl (C=O) groups excluding carboxylic acids is 4. The fourth-order valence-electron chi connectivity index (χ4n) is 2.89. The predicted molar refractivity (Wildman–Crippen MR) is 100 cm³/mol. The molecule has 1 aliphatic rings. The molecule has 0 bridgehead atoms. The maximum Gasteiger partial charge on any atom is 0.262 e. The van der Waals surface area contributed by atoms with Crippen molar-refractivity contribution < 1.29 is 23.9 Å². The molecule has 28 heavy (non-hydrogen) atoms. The molecule has 1 heterocycles. The molecular formula is C20H19N3O5. The number of nitrogens with one attached hydrogen (secondary N) is 2. The Morgan fingerprint density at radius 3 is 2.11 bits per heavy atom. The maximum absolute atomic E-state index is 12.2. The van der Waals surface area contributed by atoms with Crippen molar-refractivity contribution in [3.63, 3.8) is 0 Å². The van der Waals surface area contributed by atoms with Gasteiger partial charge in [0.2, 0.25) is 5.91 Å². The number of ether oxygens (including phenoxy) is 1. The molecule has 8 heteroatoms. The van der Waals surface area contributed by atoms with Gasteiger partial charge in [0, 0.05) is 13.1 Å². The van der Waals surface area contributed by atoms with E-state index in [4.69, 9.17) is 4.74 Å². The van der Waals surface area contributed by atoms with Gasteiger partial charge >= 0.3 is 0 Å². The summed E-state index contributed by atoms with van der Waals surface area (Å²) >= 11 is 0. The van der Waals surface area contributed by atoms with Gasteiger partial charge in [0.25, 0.3) is 17.7 Å². The van der Waals surface area contributed by atoms with Crippen LogP contribution in [-0.2, 0) is 4.79 Å². The number of imide groups is 1. The average molecular weight is 381 g/mol. The van der Waals surface area contributed by atoms with Crippen molar-refractivity contribution in [1.82, 2.24) is 15.5 Å². The molecular weight excluding hydrogens is 362 g/mol. The van der Waals surface area contributed by atoms with Crippen molar-refractivity contribution >= 4 is 23.6 Å². The van der Waals surface area contributed by atoms with Crippen LogP contribution >= 0.6 is 0 Å². The summed E-state index contributed by atoms with van der Waals surface area (Å²) in [4.78, 5) is 49.6. The van der Waals surface area contributed by atoms with E-state index in [0.29, 0.717) is 22.4 Å². The van der Waals surface area contributed by atoms with Crippen LogP contribution in [0.3, 0.4) is 0 Å². The summed E-state index contributed by atoms with van der Waals surface area (Å²) in [5.74, 6) is -1.33. The fraction of sp³-hybridized carbons (Fsp3) is 0.200. The minimum Gasteiger partial charge on any atom is -0.496 e. The number of rotatable bonds is 7. The van der Waals surface area contributed by atoms with Crippen molar-refractivity contribution in [3.05, 3.63) is 65.2 Å². The van der Waals surface area contributed by atoms with Gasteiger partial charge < -0.3 is 15.4 Å². The molecule has 3 rings (SSSR count). The number of para-hydroxylation sites is 1. The standard InChI is InChI=1S/C20H19N3O5/c1-28-16-9-5-4-8-15(16)18(25)22-11-10-21-17(24)12-23-19(26)13-6-2-3-7-14(13)20(23)27/h2-9H,10-12H2,1H3,(H,21,24)(H,22,25). The Morgan fingerprint density at radius 2 is 1.46 bits per heavy atom. The van der Waals surface area contributed by atoms with Crippen LogP contribution in [0.1, 0.15) is 31.1 Å². The lowest BCUT2D eigenvalue weighted by Crippen LogP contribution is -2.42. The molecule has 0 aliphatic carbocycles. The summed E-state index contributed by atoms with van der Waals surface area (Å²) in [5.41, 5.74) is 0.982. The Bertz CT molecular complexity index is 906. The third-order valence-electron chi connectivity index (χ3n) is 4.26. The van der Waals surface area contributed by atoms with E-state index in [0.717, 1.165) is 4.90 Å². The molecule has 0 fully saturated rings. The van der Waals surface area contributed by atoms with Crippen LogP contribution in [0, 0.1) is 0 Å². The fourth-order valence-corrected chi connectivity index (χ4v) is 2.89. The van der Waals surface area contributed by atoms with Gasteiger partial charge in [0.15, 0.2) is 0 Å². The van der Waals surface area contributed by atoms with E-state index in [-0.39, 0.29) is 25.5 Å². The second kappa shape index (κ2) is 8.34. The minimum atomic E-state index is -0.486. The van der Waals surface area contributed by atoms with Crippen molar-refractivity contribution in [2.75, 3.05) is 26.7 Å². The Kier molecular flexibility index (Phi) is 5.69. The maximum atomic E-state index is 12.2. The first kappa shape index (κ1) is 19.1. The number of carbonyl (C=O) groups is 4. The Labute approximate surface area is 161 Å². The van der Waals surface area contributed by atoms with E-state index in [2.05, 4.69) is 10.6 Å². The zero-order chi connectivity index (χ0) is 20.1. The molecule has 4 amide bonds.